The molecule has 1 amide bonds. The Morgan fingerprint density at radius 2 is 1.79 bits per heavy atom. The molecule has 5 nitrogen and oxygen atoms in total. The molecule has 5 heteroatoms. The number of Topliss-reactive ketones (excluding diaryl/α,β-unsaturated/α-hetero) is 1. The van der Waals surface area contributed by atoms with Crippen molar-refractivity contribution < 1.29 is 19.4 Å². The number of aryl methyl sites for hydroxylation is 1. The van der Waals surface area contributed by atoms with Crippen molar-refractivity contribution in [3.63, 3.8) is 0 Å². The van der Waals surface area contributed by atoms with E-state index < -0.39 is 0 Å². The first-order chi connectivity index (χ1) is 15.8. The third kappa shape index (κ3) is 7.43. The van der Waals surface area contributed by atoms with Crippen LogP contribution in [0.5, 0.6) is 5.75 Å². The number of rotatable bonds is 7. The lowest BCUT2D eigenvalue weighted by Gasteiger charge is -2.27. The highest BCUT2D eigenvalue weighted by Crippen LogP contribution is 2.32. The van der Waals surface area contributed by atoms with Crippen LogP contribution in [-0.4, -0.2) is 23.9 Å². The lowest BCUT2D eigenvalue weighted by Crippen LogP contribution is -2.27. The average Bonchev–Trinajstić information content (AvgIpc) is 2.84. The molecule has 1 aliphatic carbocycles. The van der Waals surface area contributed by atoms with Crippen LogP contribution in [0.1, 0.15) is 79.9 Å². The van der Waals surface area contributed by atoms with Gasteiger partial charge in [-0.3, -0.25) is 9.59 Å². The van der Waals surface area contributed by atoms with Crippen LogP contribution in [0.15, 0.2) is 36.4 Å². The van der Waals surface area contributed by atoms with Gasteiger partial charge < -0.3 is 15.2 Å². The SMILES string of the molecule is CCC1CCC(C(=O)Nc2ccc(CO)c(OC)c2)CC1.CCc1c(C)cccc1C(C)=O. The Labute approximate surface area is 198 Å². The van der Waals surface area contributed by atoms with Crippen LogP contribution in [0.2, 0.25) is 0 Å². The number of anilines is 1. The highest BCUT2D eigenvalue weighted by atomic mass is 16.5. The van der Waals surface area contributed by atoms with Gasteiger partial charge in [0.15, 0.2) is 5.78 Å². The molecule has 0 spiro atoms. The minimum absolute atomic E-state index is 0.0710. The van der Waals surface area contributed by atoms with E-state index in [1.807, 2.05) is 31.2 Å². The summed E-state index contributed by atoms with van der Waals surface area (Å²) in [5.41, 5.74) is 4.72. The van der Waals surface area contributed by atoms with E-state index in [1.54, 1.807) is 26.2 Å². The van der Waals surface area contributed by atoms with Crippen molar-refractivity contribution in [1.82, 2.24) is 0 Å². The van der Waals surface area contributed by atoms with E-state index in [0.29, 0.717) is 5.75 Å². The van der Waals surface area contributed by atoms with E-state index >= 15 is 0 Å². The van der Waals surface area contributed by atoms with E-state index in [-0.39, 0.29) is 24.2 Å². The van der Waals surface area contributed by atoms with Crippen LogP contribution >= 0.6 is 0 Å². The van der Waals surface area contributed by atoms with Crippen LogP contribution in [0.4, 0.5) is 5.69 Å². The molecule has 0 bridgehead atoms. The van der Waals surface area contributed by atoms with Crippen molar-refractivity contribution in [3.8, 4) is 5.75 Å². The zero-order valence-corrected chi connectivity index (χ0v) is 20.7. The van der Waals surface area contributed by atoms with Gasteiger partial charge in [-0.1, -0.05) is 44.5 Å². The van der Waals surface area contributed by atoms with Crippen LogP contribution in [-0.2, 0) is 17.8 Å². The van der Waals surface area contributed by atoms with Gasteiger partial charge in [0.1, 0.15) is 5.75 Å². The fraction of sp³-hybridized carbons (Fsp3) is 0.500. The Morgan fingerprint density at radius 1 is 1.09 bits per heavy atom. The number of carbonyl (C=O) groups excluding carboxylic acids is 2. The van der Waals surface area contributed by atoms with Gasteiger partial charge in [-0.25, -0.2) is 0 Å². The highest BCUT2D eigenvalue weighted by molar-refractivity contribution is 5.95. The van der Waals surface area contributed by atoms with Crippen LogP contribution < -0.4 is 10.1 Å². The largest absolute Gasteiger partial charge is 0.496 e. The number of aliphatic hydroxyl groups excluding tert-OH is 1. The molecular formula is C28H39NO4. The number of hydrogen-bond acceptors (Lipinski definition) is 4. The molecule has 33 heavy (non-hydrogen) atoms. The molecule has 0 atom stereocenters. The molecule has 180 valence electrons. The van der Waals surface area contributed by atoms with Gasteiger partial charge in [0.25, 0.3) is 0 Å². The summed E-state index contributed by atoms with van der Waals surface area (Å²) < 4.78 is 5.22. The van der Waals surface area contributed by atoms with Crippen molar-refractivity contribution in [2.24, 2.45) is 11.8 Å². The maximum absolute atomic E-state index is 12.3. The molecule has 2 aromatic carbocycles. The molecule has 1 aliphatic rings. The molecule has 0 unspecified atom stereocenters. The molecule has 0 aliphatic heterocycles. The Balaban J connectivity index is 0.000000273. The number of aliphatic hydroxyl groups is 1. The van der Waals surface area contributed by atoms with E-state index in [9.17, 15) is 14.7 Å². The first-order valence-electron chi connectivity index (χ1n) is 12.0. The van der Waals surface area contributed by atoms with Gasteiger partial charge in [0.05, 0.1) is 13.7 Å². The summed E-state index contributed by atoms with van der Waals surface area (Å²) in [7, 11) is 1.56. The van der Waals surface area contributed by atoms with Crippen LogP contribution in [0, 0.1) is 18.8 Å². The second kappa shape index (κ2) is 13.1. The van der Waals surface area contributed by atoms with Gasteiger partial charge in [0, 0.05) is 28.8 Å². The smallest absolute Gasteiger partial charge is 0.227 e. The number of amides is 1. The summed E-state index contributed by atoms with van der Waals surface area (Å²) in [4.78, 5) is 23.5. The fourth-order valence-corrected chi connectivity index (χ4v) is 4.53. The predicted octanol–water partition coefficient (Wildman–Crippen LogP) is 6.10. The standard InChI is InChI=1S/C17H25NO3.C11H14O/c1-3-12-4-6-13(7-5-12)17(20)18-15-9-8-14(11-19)16(10-15)21-2;1-4-10-8(2)6-5-7-11(10)9(3)12/h8-10,12-13,19H,3-7,11H2,1-2H3,(H,18,20);5-7H,4H2,1-3H3. The first-order valence-corrected chi connectivity index (χ1v) is 12.0. The van der Waals surface area contributed by atoms with E-state index in [1.165, 1.54) is 17.5 Å². The molecular weight excluding hydrogens is 414 g/mol. The van der Waals surface area contributed by atoms with Crippen molar-refractivity contribution >= 4 is 17.4 Å². The van der Waals surface area contributed by atoms with Crippen molar-refractivity contribution in [1.29, 1.82) is 0 Å². The summed E-state index contributed by atoms with van der Waals surface area (Å²) in [5, 5.41) is 12.2. The highest BCUT2D eigenvalue weighted by Gasteiger charge is 2.25. The quantitative estimate of drug-likeness (QED) is 0.497. The van der Waals surface area contributed by atoms with Crippen molar-refractivity contribution in [3.05, 3.63) is 58.7 Å². The lowest BCUT2D eigenvalue weighted by atomic mass is 9.80. The summed E-state index contributed by atoms with van der Waals surface area (Å²) >= 11 is 0. The Kier molecular flexibility index (Phi) is 10.6. The average molecular weight is 454 g/mol. The molecule has 0 heterocycles. The number of benzene rings is 2. The van der Waals surface area contributed by atoms with Gasteiger partial charge in [0.2, 0.25) is 5.91 Å². The van der Waals surface area contributed by atoms with Gasteiger partial charge in [-0.05, 0) is 69.1 Å². The van der Waals surface area contributed by atoms with Crippen molar-refractivity contribution in [2.75, 3.05) is 12.4 Å². The summed E-state index contributed by atoms with van der Waals surface area (Å²) in [5.74, 6) is 1.78. The summed E-state index contributed by atoms with van der Waals surface area (Å²) in [6, 6.07) is 11.2. The molecule has 0 aromatic heterocycles. The number of carbonyl (C=O) groups is 2. The van der Waals surface area contributed by atoms with E-state index in [4.69, 9.17) is 4.74 Å². The zero-order valence-electron chi connectivity index (χ0n) is 20.7. The Hall–Kier alpha value is -2.66. The number of ketones is 1. The lowest BCUT2D eigenvalue weighted by molar-refractivity contribution is -0.121. The maximum atomic E-state index is 12.3. The summed E-state index contributed by atoms with van der Waals surface area (Å²) in [6.45, 7) is 7.90. The first kappa shape index (κ1) is 26.6. The third-order valence-electron chi connectivity index (χ3n) is 6.66. The number of ether oxygens (including phenoxy) is 1. The molecule has 0 saturated heterocycles. The van der Waals surface area contributed by atoms with Gasteiger partial charge >= 0.3 is 0 Å². The Bertz CT molecular complexity index is 929. The minimum atomic E-state index is -0.0710. The second-order valence-corrected chi connectivity index (χ2v) is 8.81. The third-order valence-corrected chi connectivity index (χ3v) is 6.66. The molecule has 2 aromatic rings. The zero-order chi connectivity index (χ0) is 24.4. The van der Waals surface area contributed by atoms with E-state index in [2.05, 4.69) is 19.2 Å². The number of nitrogens with one attached hydrogen (secondary N) is 1. The normalized spacial score (nSPS) is 17.5. The molecule has 3 rings (SSSR count). The van der Waals surface area contributed by atoms with E-state index in [0.717, 1.165) is 54.8 Å². The van der Waals surface area contributed by atoms with Gasteiger partial charge in [-0.2, -0.15) is 0 Å². The molecule has 0 radical (unpaired) electrons. The fourth-order valence-electron chi connectivity index (χ4n) is 4.53. The van der Waals surface area contributed by atoms with Crippen molar-refractivity contribution in [2.45, 2.75) is 72.8 Å². The predicted molar refractivity (Wildman–Crippen MR) is 134 cm³/mol. The van der Waals surface area contributed by atoms with Crippen LogP contribution in [0.25, 0.3) is 0 Å². The number of methoxy groups -OCH3 is 1. The Morgan fingerprint density at radius 3 is 2.30 bits per heavy atom. The molecule has 1 fully saturated rings. The molecule has 1 saturated carbocycles. The minimum Gasteiger partial charge on any atom is -0.496 e. The molecule has 2 N–H and O–H groups in total. The number of hydrogen-bond donors (Lipinski definition) is 2. The second-order valence-electron chi connectivity index (χ2n) is 8.81. The van der Waals surface area contributed by atoms with Gasteiger partial charge in [-0.15, -0.1) is 0 Å². The summed E-state index contributed by atoms with van der Waals surface area (Å²) in [6.07, 6.45) is 6.42. The monoisotopic (exact) mass is 453 g/mol. The maximum Gasteiger partial charge on any atom is 0.227 e. The topological polar surface area (TPSA) is 75.6 Å². The van der Waals surface area contributed by atoms with Crippen LogP contribution in [0.3, 0.4) is 0 Å².